The van der Waals surface area contributed by atoms with Gasteiger partial charge in [-0.1, -0.05) is 11.6 Å². The van der Waals surface area contributed by atoms with E-state index in [1.54, 1.807) is 17.5 Å². The molecule has 1 saturated carbocycles. The first-order chi connectivity index (χ1) is 7.78. The Morgan fingerprint density at radius 3 is 2.81 bits per heavy atom. The van der Waals surface area contributed by atoms with Crippen LogP contribution in [-0.4, -0.2) is 22.5 Å². The molecule has 0 atom stereocenters. The van der Waals surface area contributed by atoms with E-state index < -0.39 is 0 Å². The zero-order chi connectivity index (χ0) is 11.4. The normalized spacial score (nSPS) is 25.9. The molecule has 1 aliphatic rings. The van der Waals surface area contributed by atoms with Crippen molar-refractivity contribution in [3.8, 4) is 0 Å². The Hall–Kier alpha value is 0.230. The van der Waals surface area contributed by atoms with E-state index in [-0.39, 0.29) is 0 Å². The van der Waals surface area contributed by atoms with Crippen LogP contribution in [0, 0.1) is 0 Å². The van der Waals surface area contributed by atoms with Crippen molar-refractivity contribution < 1.29 is 0 Å². The van der Waals surface area contributed by atoms with Gasteiger partial charge in [0.2, 0.25) is 0 Å². The van der Waals surface area contributed by atoms with E-state index in [2.05, 4.69) is 16.6 Å². The van der Waals surface area contributed by atoms with Gasteiger partial charge < -0.3 is 5.32 Å². The van der Waals surface area contributed by atoms with Crippen LogP contribution in [0.4, 0.5) is 0 Å². The maximum atomic E-state index is 5.85. The molecule has 0 aromatic carbocycles. The molecule has 0 bridgehead atoms. The van der Waals surface area contributed by atoms with Crippen molar-refractivity contribution in [1.29, 1.82) is 0 Å². The lowest BCUT2D eigenvalue weighted by Crippen LogP contribution is -2.33. The highest BCUT2D eigenvalue weighted by molar-refractivity contribution is 7.99. The van der Waals surface area contributed by atoms with Crippen molar-refractivity contribution >= 4 is 34.7 Å². The SMILES string of the molecule is CSC1CCC(NCc2ncc(Cl)s2)CC1. The maximum absolute atomic E-state index is 5.85. The molecule has 1 heterocycles. The molecule has 1 aromatic heterocycles. The van der Waals surface area contributed by atoms with Crippen molar-refractivity contribution in [1.82, 2.24) is 10.3 Å². The molecule has 1 aliphatic carbocycles. The van der Waals surface area contributed by atoms with Crippen LogP contribution in [0.2, 0.25) is 4.34 Å². The summed E-state index contributed by atoms with van der Waals surface area (Å²) in [6, 6.07) is 0.672. The summed E-state index contributed by atoms with van der Waals surface area (Å²) in [5.74, 6) is 0. The number of nitrogens with zero attached hydrogens (tertiary/aromatic N) is 1. The van der Waals surface area contributed by atoms with Gasteiger partial charge in [0.25, 0.3) is 0 Å². The highest BCUT2D eigenvalue weighted by atomic mass is 35.5. The van der Waals surface area contributed by atoms with Crippen LogP contribution in [-0.2, 0) is 6.54 Å². The molecule has 1 N–H and O–H groups in total. The average Bonchev–Trinajstić information content (AvgIpc) is 2.73. The van der Waals surface area contributed by atoms with Crippen LogP contribution in [0.1, 0.15) is 30.7 Å². The zero-order valence-electron chi connectivity index (χ0n) is 9.41. The second kappa shape index (κ2) is 6.24. The van der Waals surface area contributed by atoms with Crippen molar-refractivity contribution in [2.45, 2.75) is 43.5 Å². The Morgan fingerprint density at radius 2 is 2.25 bits per heavy atom. The van der Waals surface area contributed by atoms with Gasteiger partial charge in [0.05, 0.1) is 6.20 Å². The maximum Gasteiger partial charge on any atom is 0.113 e. The van der Waals surface area contributed by atoms with E-state index in [1.165, 1.54) is 25.7 Å². The molecular formula is C11H17ClN2S2. The summed E-state index contributed by atoms with van der Waals surface area (Å²) in [6.07, 6.45) is 9.23. The number of aromatic nitrogens is 1. The molecule has 2 nitrogen and oxygen atoms in total. The molecular weight excluding hydrogens is 260 g/mol. The van der Waals surface area contributed by atoms with E-state index in [9.17, 15) is 0 Å². The molecule has 0 unspecified atom stereocenters. The Morgan fingerprint density at radius 1 is 1.50 bits per heavy atom. The van der Waals surface area contributed by atoms with Gasteiger partial charge in [0.1, 0.15) is 9.34 Å². The number of thioether (sulfide) groups is 1. The van der Waals surface area contributed by atoms with Gasteiger partial charge in [-0.05, 0) is 31.9 Å². The van der Waals surface area contributed by atoms with E-state index in [1.807, 2.05) is 11.8 Å². The lowest BCUT2D eigenvalue weighted by Gasteiger charge is -2.27. The lowest BCUT2D eigenvalue weighted by atomic mass is 9.95. The van der Waals surface area contributed by atoms with E-state index in [4.69, 9.17) is 11.6 Å². The predicted molar refractivity (Wildman–Crippen MR) is 73.5 cm³/mol. The van der Waals surface area contributed by atoms with Gasteiger partial charge >= 0.3 is 0 Å². The summed E-state index contributed by atoms with van der Waals surface area (Å²) in [4.78, 5) is 4.25. The van der Waals surface area contributed by atoms with Crippen molar-refractivity contribution in [3.05, 3.63) is 15.5 Å². The monoisotopic (exact) mass is 276 g/mol. The molecule has 1 aromatic rings. The number of hydrogen-bond acceptors (Lipinski definition) is 4. The summed E-state index contributed by atoms with van der Waals surface area (Å²) in [5, 5.41) is 5.55. The lowest BCUT2D eigenvalue weighted by molar-refractivity contribution is 0.378. The Bertz CT molecular complexity index is 322. The van der Waals surface area contributed by atoms with Gasteiger partial charge in [0, 0.05) is 17.8 Å². The molecule has 2 rings (SSSR count). The largest absolute Gasteiger partial charge is 0.308 e. The molecule has 1 fully saturated rings. The average molecular weight is 277 g/mol. The molecule has 16 heavy (non-hydrogen) atoms. The second-order valence-electron chi connectivity index (χ2n) is 4.15. The van der Waals surface area contributed by atoms with Crippen LogP contribution in [0.5, 0.6) is 0 Å². The molecule has 0 amide bonds. The summed E-state index contributed by atoms with van der Waals surface area (Å²) < 4.78 is 0.780. The highest BCUT2D eigenvalue weighted by Gasteiger charge is 2.19. The molecule has 0 radical (unpaired) electrons. The number of hydrogen-bond donors (Lipinski definition) is 1. The van der Waals surface area contributed by atoms with Crippen LogP contribution in [0.25, 0.3) is 0 Å². The number of nitrogens with one attached hydrogen (secondary N) is 1. The molecule has 0 spiro atoms. The minimum atomic E-state index is 0.672. The first-order valence-corrected chi connectivity index (χ1v) is 8.12. The van der Waals surface area contributed by atoms with Gasteiger partial charge in [-0.3, -0.25) is 0 Å². The fourth-order valence-corrected chi connectivity index (χ4v) is 3.75. The van der Waals surface area contributed by atoms with Crippen LogP contribution in [0.3, 0.4) is 0 Å². The van der Waals surface area contributed by atoms with E-state index in [0.29, 0.717) is 6.04 Å². The third-order valence-corrected chi connectivity index (χ3v) is 5.33. The summed E-state index contributed by atoms with van der Waals surface area (Å²) >= 11 is 9.42. The number of thiazole rings is 1. The first-order valence-electron chi connectivity index (χ1n) is 5.64. The van der Waals surface area contributed by atoms with Gasteiger partial charge in [-0.15, -0.1) is 11.3 Å². The second-order valence-corrected chi connectivity index (χ2v) is 7.03. The highest BCUT2D eigenvalue weighted by Crippen LogP contribution is 2.27. The Balaban J connectivity index is 1.71. The number of rotatable bonds is 4. The molecule has 0 saturated heterocycles. The zero-order valence-corrected chi connectivity index (χ0v) is 11.8. The third kappa shape index (κ3) is 3.62. The van der Waals surface area contributed by atoms with E-state index >= 15 is 0 Å². The van der Waals surface area contributed by atoms with Gasteiger partial charge in [0.15, 0.2) is 0 Å². The molecule has 5 heteroatoms. The summed E-state index contributed by atoms with van der Waals surface area (Å²) in [7, 11) is 0. The van der Waals surface area contributed by atoms with Gasteiger partial charge in [-0.25, -0.2) is 4.98 Å². The molecule has 0 aliphatic heterocycles. The predicted octanol–water partition coefficient (Wildman–Crippen LogP) is 3.56. The topological polar surface area (TPSA) is 24.9 Å². The van der Waals surface area contributed by atoms with Gasteiger partial charge in [-0.2, -0.15) is 11.8 Å². The quantitative estimate of drug-likeness (QED) is 0.910. The fraction of sp³-hybridized carbons (Fsp3) is 0.727. The number of halogens is 1. The summed E-state index contributed by atoms with van der Waals surface area (Å²) in [6.45, 7) is 0.867. The fourth-order valence-electron chi connectivity index (χ4n) is 2.10. The van der Waals surface area contributed by atoms with Crippen LogP contribution >= 0.6 is 34.7 Å². The van der Waals surface area contributed by atoms with Crippen molar-refractivity contribution in [2.75, 3.05) is 6.26 Å². The standard InChI is InChI=1S/C11H17ClN2S2/c1-15-9-4-2-8(3-5-9)13-7-11-14-6-10(12)16-11/h6,8-9,13H,2-5,7H2,1H3. The Kier molecular flexibility index (Phi) is 4.95. The van der Waals surface area contributed by atoms with Crippen molar-refractivity contribution in [3.63, 3.8) is 0 Å². The minimum absolute atomic E-state index is 0.672. The van der Waals surface area contributed by atoms with Crippen LogP contribution in [0.15, 0.2) is 6.20 Å². The van der Waals surface area contributed by atoms with Crippen molar-refractivity contribution in [2.24, 2.45) is 0 Å². The third-order valence-electron chi connectivity index (χ3n) is 3.07. The first kappa shape index (κ1) is 12.7. The van der Waals surface area contributed by atoms with Crippen LogP contribution < -0.4 is 5.32 Å². The Labute approximate surface area is 110 Å². The van der Waals surface area contributed by atoms with E-state index in [0.717, 1.165) is 21.1 Å². The minimum Gasteiger partial charge on any atom is -0.308 e. The smallest absolute Gasteiger partial charge is 0.113 e. The molecule has 90 valence electrons. The summed E-state index contributed by atoms with van der Waals surface area (Å²) in [5.41, 5.74) is 0.